The maximum Gasteiger partial charge on any atom is 0.257 e. The van der Waals surface area contributed by atoms with Crippen molar-refractivity contribution in [1.82, 2.24) is 9.97 Å². The first kappa shape index (κ1) is 17.5. The summed E-state index contributed by atoms with van der Waals surface area (Å²) in [6.07, 6.45) is -0.114. The fourth-order valence-corrected chi connectivity index (χ4v) is 3.26. The maximum absolute atomic E-state index is 12.6. The zero-order chi connectivity index (χ0) is 18.0. The normalized spacial score (nSPS) is 16.1. The van der Waals surface area contributed by atoms with E-state index < -0.39 is 17.4 Å². The SMILES string of the molecule is CCSc1nc2c(c(=O)[nH]1)C(C(=O)Nc1ccc(Cl)cc1)CC(=O)N2. The number of rotatable bonds is 4. The van der Waals surface area contributed by atoms with Crippen molar-refractivity contribution in [2.75, 3.05) is 16.4 Å². The van der Waals surface area contributed by atoms with Crippen LogP contribution in [0.1, 0.15) is 24.8 Å². The minimum absolute atomic E-state index is 0.114. The molecule has 2 heterocycles. The van der Waals surface area contributed by atoms with Crippen molar-refractivity contribution in [1.29, 1.82) is 0 Å². The lowest BCUT2D eigenvalue weighted by Crippen LogP contribution is -2.36. The minimum atomic E-state index is -0.906. The highest BCUT2D eigenvalue weighted by atomic mass is 35.5. The lowest BCUT2D eigenvalue weighted by molar-refractivity contribution is -0.123. The van der Waals surface area contributed by atoms with Crippen LogP contribution in [0.2, 0.25) is 5.02 Å². The molecule has 1 unspecified atom stereocenters. The Balaban J connectivity index is 1.92. The Morgan fingerprint density at radius 3 is 2.76 bits per heavy atom. The molecule has 25 heavy (non-hydrogen) atoms. The molecule has 3 rings (SSSR count). The van der Waals surface area contributed by atoms with E-state index in [4.69, 9.17) is 11.6 Å². The number of fused-ring (bicyclic) bond motifs is 1. The monoisotopic (exact) mass is 378 g/mol. The van der Waals surface area contributed by atoms with Gasteiger partial charge in [-0.15, -0.1) is 0 Å². The van der Waals surface area contributed by atoms with Crippen LogP contribution >= 0.6 is 23.4 Å². The number of aromatic amines is 1. The molecule has 0 saturated heterocycles. The molecular formula is C16H15ClN4O3S. The number of amides is 2. The number of halogens is 1. The summed E-state index contributed by atoms with van der Waals surface area (Å²) in [7, 11) is 0. The molecule has 1 aromatic carbocycles. The third-order valence-electron chi connectivity index (χ3n) is 3.64. The summed E-state index contributed by atoms with van der Waals surface area (Å²) < 4.78 is 0. The number of H-pyrrole nitrogens is 1. The second-order valence-corrected chi connectivity index (χ2v) is 7.06. The van der Waals surface area contributed by atoms with Gasteiger partial charge >= 0.3 is 0 Å². The van der Waals surface area contributed by atoms with Crippen LogP contribution in [0.25, 0.3) is 0 Å². The van der Waals surface area contributed by atoms with E-state index in [0.717, 1.165) is 5.75 Å². The van der Waals surface area contributed by atoms with Gasteiger partial charge in [-0.25, -0.2) is 4.98 Å². The molecule has 1 aromatic heterocycles. The van der Waals surface area contributed by atoms with Gasteiger partial charge < -0.3 is 15.6 Å². The van der Waals surface area contributed by atoms with Crippen molar-refractivity contribution >= 4 is 46.7 Å². The molecule has 9 heteroatoms. The minimum Gasteiger partial charge on any atom is -0.326 e. The average molecular weight is 379 g/mol. The predicted octanol–water partition coefficient (Wildman–Crippen LogP) is 2.60. The fraction of sp³-hybridized carbons (Fsp3) is 0.250. The highest BCUT2D eigenvalue weighted by Gasteiger charge is 2.34. The molecule has 0 saturated carbocycles. The first-order valence-electron chi connectivity index (χ1n) is 7.61. The molecule has 0 spiro atoms. The summed E-state index contributed by atoms with van der Waals surface area (Å²) in [5.41, 5.74) is 0.285. The number of nitrogens with one attached hydrogen (secondary N) is 3. The van der Waals surface area contributed by atoms with Gasteiger partial charge in [0.15, 0.2) is 5.16 Å². The van der Waals surface area contributed by atoms with Gasteiger partial charge in [0.2, 0.25) is 11.8 Å². The van der Waals surface area contributed by atoms with E-state index in [-0.39, 0.29) is 23.7 Å². The second kappa shape index (κ2) is 7.28. The molecule has 0 bridgehead atoms. The van der Waals surface area contributed by atoms with E-state index in [9.17, 15) is 14.4 Å². The smallest absolute Gasteiger partial charge is 0.257 e. The standard InChI is InChI=1S/C16H15ClN4O3S/c1-2-25-16-20-13-12(15(24)21-16)10(7-11(22)19-13)14(23)18-9-5-3-8(17)4-6-9/h3-6,10H,2,7H2,1H3,(H,18,23)(H2,19,20,21,22,24). The van der Waals surface area contributed by atoms with Crippen LogP contribution in [-0.4, -0.2) is 27.5 Å². The summed E-state index contributed by atoms with van der Waals surface area (Å²) in [5, 5.41) is 6.23. The van der Waals surface area contributed by atoms with E-state index >= 15 is 0 Å². The first-order chi connectivity index (χ1) is 12.0. The molecular weight excluding hydrogens is 364 g/mol. The molecule has 0 radical (unpaired) electrons. The molecule has 3 N–H and O–H groups in total. The number of hydrogen-bond donors (Lipinski definition) is 3. The largest absolute Gasteiger partial charge is 0.326 e. The Morgan fingerprint density at radius 2 is 2.08 bits per heavy atom. The van der Waals surface area contributed by atoms with Crippen molar-refractivity contribution in [2.45, 2.75) is 24.4 Å². The first-order valence-corrected chi connectivity index (χ1v) is 8.97. The van der Waals surface area contributed by atoms with E-state index in [0.29, 0.717) is 15.9 Å². The summed E-state index contributed by atoms with van der Waals surface area (Å²) in [6, 6.07) is 6.57. The zero-order valence-corrected chi connectivity index (χ0v) is 14.8. The molecule has 0 aliphatic carbocycles. The van der Waals surface area contributed by atoms with Crippen LogP contribution in [-0.2, 0) is 9.59 Å². The van der Waals surface area contributed by atoms with Crippen LogP contribution in [0.15, 0.2) is 34.2 Å². The van der Waals surface area contributed by atoms with Crippen LogP contribution in [0.5, 0.6) is 0 Å². The Kier molecular flexibility index (Phi) is 5.10. The number of thioether (sulfide) groups is 1. The third-order valence-corrected chi connectivity index (χ3v) is 4.65. The quantitative estimate of drug-likeness (QED) is 0.560. The van der Waals surface area contributed by atoms with Crippen LogP contribution < -0.4 is 16.2 Å². The van der Waals surface area contributed by atoms with E-state index in [1.165, 1.54) is 11.8 Å². The lowest BCUT2D eigenvalue weighted by Gasteiger charge is -2.23. The number of carbonyl (C=O) groups is 2. The van der Waals surface area contributed by atoms with Crippen molar-refractivity contribution in [2.24, 2.45) is 0 Å². The van der Waals surface area contributed by atoms with Gasteiger partial charge in [0, 0.05) is 17.1 Å². The Hall–Kier alpha value is -2.32. The topological polar surface area (TPSA) is 104 Å². The van der Waals surface area contributed by atoms with E-state index in [1.807, 2.05) is 6.92 Å². The number of anilines is 2. The van der Waals surface area contributed by atoms with Crippen molar-refractivity contribution in [3.05, 3.63) is 45.2 Å². The van der Waals surface area contributed by atoms with Crippen molar-refractivity contribution in [3.8, 4) is 0 Å². The highest BCUT2D eigenvalue weighted by Crippen LogP contribution is 2.30. The van der Waals surface area contributed by atoms with Crippen LogP contribution in [0, 0.1) is 0 Å². The molecule has 1 aliphatic heterocycles. The Labute approximate surface area is 152 Å². The molecule has 0 fully saturated rings. The van der Waals surface area contributed by atoms with Gasteiger partial charge in [0.1, 0.15) is 5.82 Å². The summed E-state index contributed by atoms with van der Waals surface area (Å²) in [4.78, 5) is 43.9. The number of carbonyl (C=O) groups excluding carboxylic acids is 2. The van der Waals surface area contributed by atoms with Gasteiger partial charge in [-0.3, -0.25) is 14.4 Å². The number of benzene rings is 1. The summed E-state index contributed by atoms with van der Waals surface area (Å²) in [6.45, 7) is 1.92. The third kappa shape index (κ3) is 3.85. The van der Waals surface area contributed by atoms with E-state index in [1.54, 1.807) is 24.3 Å². The van der Waals surface area contributed by atoms with E-state index in [2.05, 4.69) is 20.6 Å². The molecule has 2 amide bonds. The van der Waals surface area contributed by atoms with Gasteiger partial charge in [0.05, 0.1) is 11.5 Å². The zero-order valence-electron chi connectivity index (χ0n) is 13.3. The molecule has 2 aromatic rings. The van der Waals surface area contributed by atoms with Gasteiger partial charge in [0.25, 0.3) is 5.56 Å². The molecule has 1 aliphatic rings. The molecule has 1 atom stereocenters. The number of aromatic nitrogens is 2. The predicted molar refractivity (Wildman–Crippen MR) is 97.3 cm³/mol. The van der Waals surface area contributed by atoms with Crippen molar-refractivity contribution < 1.29 is 9.59 Å². The molecule has 7 nitrogen and oxygen atoms in total. The van der Waals surface area contributed by atoms with Gasteiger partial charge in [-0.1, -0.05) is 30.3 Å². The highest BCUT2D eigenvalue weighted by molar-refractivity contribution is 7.99. The second-order valence-electron chi connectivity index (χ2n) is 5.37. The Bertz CT molecular complexity index is 882. The average Bonchev–Trinajstić information content (AvgIpc) is 2.56. The van der Waals surface area contributed by atoms with Gasteiger partial charge in [-0.2, -0.15) is 0 Å². The Morgan fingerprint density at radius 1 is 1.36 bits per heavy atom. The number of hydrogen-bond acceptors (Lipinski definition) is 5. The fourth-order valence-electron chi connectivity index (χ4n) is 2.54. The molecule has 130 valence electrons. The summed E-state index contributed by atoms with van der Waals surface area (Å²) >= 11 is 7.17. The maximum atomic E-state index is 12.6. The lowest BCUT2D eigenvalue weighted by atomic mass is 9.92. The van der Waals surface area contributed by atoms with Crippen LogP contribution in [0.4, 0.5) is 11.5 Å². The summed E-state index contributed by atoms with van der Waals surface area (Å²) in [5.74, 6) is -0.838. The van der Waals surface area contributed by atoms with Gasteiger partial charge in [-0.05, 0) is 30.0 Å². The van der Waals surface area contributed by atoms with Crippen LogP contribution in [0.3, 0.4) is 0 Å². The number of nitrogens with zero attached hydrogens (tertiary/aromatic N) is 1. The van der Waals surface area contributed by atoms with Crippen molar-refractivity contribution in [3.63, 3.8) is 0 Å².